The maximum atomic E-state index is 13.1. The zero-order valence-electron chi connectivity index (χ0n) is 20.0. The molecule has 2 rings (SSSR count). The summed E-state index contributed by atoms with van der Waals surface area (Å²) in [6.45, 7) is -2.35. The highest BCUT2D eigenvalue weighted by molar-refractivity contribution is 6.35. The van der Waals surface area contributed by atoms with Gasteiger partial charge in [0.2, 0.25) is 11.8 Å². The lowest BCUT2D eigenvalue weighted by molar-refractivity contribution is -0.321. The summed E-state index contributed by atoms with van der Waals surface area (Å²) in [5.41, 5.74) is 0. The summed E-state index contributed by atoms with van der Waals surface area (Å²) in [7, 11) is 0. The van der Waals surface area contributed by atoms with E-state index >= 15 is 0 Å². The van der Waals surface area contributed by atoms with Gasteiger partial charge in [-0.1, -0.05) is 0 Å². The number of carbonyl (C=O) groups is 5. The molecule has 4 N–H and O–H groups in total. The Hall–Kier alpha value is -2.95. The minimum atomic E-state index is -5.14. The fourth-order valence-corrected chi connectivity index (χ4v) is 3.98. The van der Waals surface area contributed by atoms with Crippen LogP contribution in [-0.2, 0) is 33.4 Å². The fourth-order valence-electron chi connectivity index (χ4n) is 3.98. The maximum Gasteiger partial charge on any atom is 0.522 e. The molecular weight excluding hydrogens is 534 g/mol. The fraction of sp³-hybridized carbons (Fsp3) is 0.762. The maximum absolute atomic E-state index is 13.1. The van der Waals surface area contributed by atoms with Gasteiger partial charge in [-0.2, -0.15) is 13.2 Å². The predicted octanol–water partition coefficient (Wildman–Crippen LogP) is 0.0829. The monoisotopic (exact) mass is 562 g/mol. The van der Waals surface area contributed by atoms with Gasteiger partial charge in [0, 0.05) is 25.7 Å². The van der Waals surface area contributed by atoms with Crippen LogP contribution in [0.15, 0.2) is 0 Å². The molecule has 0 aromatic carbocycles. The molecule has 2 saturated heterocycles. The standard InChI is InChI=1S/C21H28F6N4O7/c22-20(23,24)10-29-18(35)19(36)31-14(7-11-2-5-37-6-3-11)17(34)30-13(8-12-1-4-28-16(12)33)15(32)9-38-21(25,26)27/h11-14H,1-10H2,(H,28,33)(H,29,35)(H,30,34)(H,31,36). The molecule has 0 saturated carbocycles. The Labute approximate surface area is 212 Å². The van der Waals surface area contributed by atoms with E-state index < -0.39 is 73.1 Å². The van der Waals surface area contributed by atoms with Crippen LogP contribution in [0.2, 0.25) is 0 Å². The van der Waals surface area contributed by atoms with E-state index in [2.05, 4.69) is 15.4 Å². The van der Waals surface area contributed by atoms with Crippen LogP contribution in [-0.4, -0.2) is 86.9 Å². The first kappa shape index (κ1) is 31.3. The number of rotatable bonds is 11. The number of amides is 4. The van der Waals surface area contributed by atoms with Crippen molar-refractivity contribution in [3.05, 3.63) is 0 Å². The first-order valence-corrected chi connectivity index (χ1v) is 11.7. The van der Waals surface area contributed by atoms with E-state index in [0.717, 1.165) is 0 Å². The van der Waals surface area contributed by atoms with Crippen LogP contribution in [0.4, 0.5) is 26.3 Å². The number of ketones is 1. The topological polar surface area (TPSA) is 152 Å². The Morgan fingerprint density at radius 1 is 0.947 bits per heavy atom. The number of hydrogen-bond donors (Lipinski definition) is 4. The lowest BCUT2D eigenvalue weighted by Crippen LogP contribution is -2.55. The largest absolute Gasteiger partial charge is 0.522 e. The van der Waals surface area contributed by atoms with Crippen LogP contribution in [0.1, 0.15) is 32.1 Å². The number of hydrogen-bond acceptors (Lipinski definition) is 7. The van der Waals surface area contributed by atoms with E-state index in [0.29, 0.717) is 26.1 Å². The summed E-state index contributed by atoms with van der Waals surface area (Å²) in [5, 5.41) is 8.11. The second kappa shape index (κ2) is 13.7. The molecule has 0 radical (unpaired) electrons. The Kier molecular flexibility index (Phi) is 11.3. The highest BCUT2D eigenvalue weighted by Crippen LogP contribution is 2.22. The van der Waals surface area contributed by atoms with Gasteiger partial charge in [-0.25, -0.2) is 0 Å². The molecule has 38 heavy (non-hydrogen) atoms. The SMILES string of the molecule is O=C(NCC(F)(F)F)C(=O)NC(CC1CCOCC1)C(=O)NC(CC1CCNC1=O)C(=O)COC(F)(F)F. The summed E-state index contributed by atoms with van der Waals surface area (Å²) in [4.78, 5) is 61.5. The molecule has 0 bridgehead atoms. The van der Waals surface area contributed by atoms with Crippen molar-refractivity contribution < 1.29 is 59.8 Å². The summed E-state index contributed by atoms with van der Waals surface area (Å²) in [5.74, 6) is -6.98. The second-order valence-electron chi connectivity index (χ2n) is 8.89. The quantitative estimate of drug-likeness (QED) is 0.206. The third-order valence-electron chi connectivity index (χ3n) is 5.95. The first-order valence-electron chi connectivity index (χ1n) is 11.7. The van der Waals surface area contributed by atoms with Gasteiger partial charge in [-0.15, -0.1) is 13.2 Å². The highest BCUT2D eigenvalue weighted by atomic mass is 19.4. The van der Waals surface area contributed by atoms with Crippen molar-refractivity contribution in [1.82, 2.24) is 21.3 Å². The Bertz CT molecular complexity index is 877. The van der Waals surface area contributed by atoms with Crippen molar-refractivity contribution in [1.29, 1.82) is 0 Å². The first-order chi connectivity index (χ1) is 17.6. The van der Waals surface area contributed by atoms with Gasteiger partial charge in [0.05, 0.1) is 6.04 Å². The molecule has 2 aliphatic heterocycles. The molecule has 4 amide bonds. The highest BCUT2D eigenvalue weighted by Gasteiger charge is 2.37. The molecule has 0 aliphatic carbocycles. The van der Waals surface area contributed by atoms with E-state index in [1.807, 2.05) is 5.32 Å². The van der Waals surface area contributed by atoms with Crippen LogP contribution in [0.3, 0.4) is 0 Å². The van der Waals surface area contributed by atoms with E-state index in [1.165, 1.54) is 5.32 Å². The van der Waals surface area contributed by atoms with Crippen LogP contribution in [0.5, 0.6) is 0 Å². The molecule has 17 heteroatoms. The summed E-state index contributed by atoms with van der Waals surface area (Å²) >= 11 is 0. The molecule has 2 fully saturated rings. The van der Waals surface area contributed by atoms with Gasteiger partial charge < -0.3 is 26.0 Å². The smallest absolute Gasteiger partial charge is 0.381 e. The minimum Gasteiger partial charge on any atom is -0.381 e. The lowest BCUT2D eigenvalue weighted by atomic mass is 9.91. The molecule has 3 unspecified atom stereocenters. The normalized spacial score (nSPS) is 20.3. The van der Waals surface area contributed by atoms with Crippen LogP contribution in [0, 0.1) is 11.8 Å². The van der Waals surface area contributed by atoms with Gasteiger partial charge in [0.25, 0.3) is 0 Å². The third-order valence-corrected chi connectivity index (χ3v) is 5.95. The Balaban J connectivity index is 2.16. The van der Waals surface area contributed by atoms with E-state index in [-0.39, 0.29) is 31.7 Å². The van der Waals surface area contributed by atoms with Crippen molar-refractivity contribution in [3.8, 4) is 0 Å². The van der Waals surface area contributed by atoms with Crippen LogP contribution >= 0.6 is 0 Å². The number of Topliss-reactive ketones (excluding diaryl/α,β-unsaturated/α-hetero) is 1. The van der Waals surface area contributed by atoms with E-state index in [4.69, 9.17) is 4.74 Å². The molecule has 11 nitrogen and oxygen atoms in total. The summed E-state index contributed by atoms with van der Waals surface area (Å²) < 4.78 is 83.2. The van der Waals surface area contributed by atoms with Crippen molar-refractivity contribution in [2.24, 2.45) is 11.8 Å². The summed E-state index contributed by atoms with van der Waals surface area (Å²) in [6, 6.07) is -3.15. The minimum absolute atomic E-state index is 0.0998. The van der Waals surface area contributed by atoms with Gasteiger partial charge >= 0.3 is 24.4 Å². The van der Waals surface area contributed by atoms with Crippen LogP contribution < -0.4 is 21.3 Å². The predicted molar refractivity (Wildman–Crippen MR) is 114 cm³/mol. The van der Waals surface area contributed by atoms with Gasteiger partial charge in [0.1, 0.15) is 19.2 Å². The zero-order chi connectivity index (χ0) is 28.5. The lowest BCUT2D eigenvalue weighted by Gasteiger charge is -2.28. The molecule has 2 heterocycles. The second-order valence-corrected chi connectivity index (χ2v) is 8.89. The Morgan fingerprint density at radius 2 is 1.61 bits per heavy atom. The third kappa shape index (κ3) is 11.2. The number of ether oxygens (including phenoxy) is 2. The van der Waals surface area contributed by atoms with Crippen molar-refractivity contribution in [2.45, 2.75) is 56.7 Å². The molecular formula is C21H28F6N4O7. The molecule has 0 spiro atoms. The summed E-state index contributed by atoms with van der Waals surface area (Å²) in [6.07, 6.45) is -9.25. The molecule has 0 aromatic heterocycles. The number of nitrogens with one attached hydrogen (secondary N) is 4. The number of carbonyl (C=O) groups excluding carboxylic acids is 5. The molecule has 0 aromatic rings. The van der Waals surface area contributed by atoms with Crippen LogP contribution in [0.25, 0.3) is 0 Å². The van der Waals surface area contributed by atoms with Crippen molar-refractivity contribution in [3.63, 3.8) is 0 Å². The van der Waals surface area contributed by atoms with E-state index in [1.54, 1.807) is 0 Å². The van der Waals surface area contributed by atoms with Gasteiger partial charge in [-0.05, 0) is 38.0 Å². The Morgan fingerprint density at radius 3 is 2.16 bits per heavy atom. The zero-order valence-corrected chi connectivity index (χ0v) is 20.0. The van der Waals surface area contributed by atoms with Gasteiger partial charge in [0.15, 0.2) is 5.78 Å². The van der Waals surface area contributed by atoms with E-state index in [9.17, 15) is 50.3 Å². The number of alkyl halides is 6. The van der Waals surface area contributed by atoms with Crippen molar-refractivity contribution >= 4 is 29.4 Å². The molecule has 2 aliphatic rings. The number of halogens is 6. The molecule has 3 atom stereocenters. The molecule has 216 valence electrons. The van der Waals surface area contributed by atoms with Crippen molar-refractivity contribution in [2.75, 3.05) is 32.9 Å². The average molecular weight is 562 g/mol. The van der Waals surface area contributed by atoms with Gasteiger partial charge in [-0.3, -0.25) is 28.7 Å². The average Bonchev–Trinajstić information content (AvgIpc) is 3.23.